The van der Waals surface area contributed by atoms with E-state index in [9.17, 15) is 18.8 Å². The van der Waals surface area contributed by atoms with Crippen LogP contribution in [0.2, 0.25) is 0 Å². The number of hydrogen-bond acceptors (Lipinski definition) is 5. The van der Waals surface area contributed by atoms with Crippen LogP contribution in [0.5, 0.6) is 0 Å². The van der Waals surface area contributed by atoms with Gasteiger partial charge in [0, 0.05) is 48.7 Å². The zero-order valence-corrected chi connectivity index (χ0v) is 23.7. The summed E-state index contributed by atoms with van der Waals surface area (Å²) in [6, 6.07) is 14.1. The van der Waals surface area contributed by atoms with Gasteiger partial charge in [0.05, 0.1) is 11.1 Å². The number of hydrogen-bond donors (Lipinski definition) is 2. The second-order valence-corrected chi connectivity index (χ2v) is 9.89. The van der Waals surface area contributed by atoms with Crippen LogP contribution in [0.1, 0.15) is 44.8 Å². The molecule has 0 bridgehead atoms. The predicted molar refractivity (Wildman–Crippen MR) is 156 cm³/mol. The minimum atomic E-state index is -0.602. The number of carbonyl (C=O) groups is 2. The van der Waals surface area contributed by atoms with Crippen LogP contribution in [0.3, 0.4) is 0 Å². The van der Waals surface area contributed by atoms with Crippen LogP contribution >= 0.6 is 0 Å². The van der Waals surface area contributed by atoms with Gasteiger partial charge in [-0.15, -0.1) is 0 Å². The van der Waals surface area contributed by atoms with E-state index in [1.807, 2.05) is 47.9 Å². The molecule has 0 saturated carbocycles. The lowest BCUT2D eigenvalue weighted by Crippen LogP contribution is -2.21. The molecule has 0 spiro atoms. The van der Waals surface area contributed by atoms with Gasteiger partial charge in [-0.05, 0) is 68.7 Å². The maximum absolute atomic E-state index is 14.6. The first-order chi connectivity index (χ1) is 19.5. The Labute approximate surface area is 235 Å². The molecule has 5 aromatic rings. The summed E-state index contributed by atoms with van der Waals surface area (Å²) >= 11 is 0. The van der Waals surface area contributed by atoms with Gasteiger partial charge in [-0.1, -0.05) is 24.3 Å². The lowest BCUT2D eigenvalue weighted by Gasteiger charge is -2.13. The quantitative estimate of drug-likeness (QED) is 0.293. The molecule has 5 rings (SSSR count). The summed E-state index contributed by atoms with van der Waals surface area (Å²) in [5.74, 6) is -1.03. The van der Waals surface area contributed by atoms with Gasteiger partial charge in [0.2, 0.25) is 0 Å². The molecular weight excluding hydrogens is 525 g/mol. The maximum Gasteiger partial charge on any atom is 0.290 e. The number of benzene rings is 2. The van der Waals surface area contributed by atoms with Crippen LogP contribution in [0.15, 0.2) is 57.8 Å². The van der Waals surface area contributed by atoms with Crippen molar-refractivity contribution in [1.82, 2.24) is 19.6 Å². The normalized spacial score (nSPS) is 11.2. The smallest absolute Gasteiger partial charge is 0.290 e. The molecule has 2 aromatic carbocycles. The van der Waals surface area contributed by atoms with Crippen LogP contribution in [-0.2, 0) is 13.6 Å². The largest absolute Gasteiger partial charge is 0.381 e. The van der Waals surface area contributed by atoms with Gasteiger partial charge in [-0.2, -0.15) is 4.74 Å². The van der Waals surface area contributed by atoms with Gasteiger partial charge in [0.1, 0.15) is 11.6 Å². The van der Waals surface area contributed by atoms with Crippen molar-refractivity contribution < 1.29 is 18.5 Å². The van der Waals surface area contributed by atoms with Crippen molar-refractivity contribution in [2.45, 2.75) is 34.2 Å². The first kappa shape index (κ1) is 27.6. The number of anilines is 1. The number of pyridine rings is 1. The molecule has 0 saturated heterocycles. The van der Waals surface area contributed by atoms with Crippen molar-refractivity contribution in [3.05, 3.63) is 93.0 Å². The van der Waals surface area contributed by atoms with Crippen LogP contribution in [-0.4, -0.2) is 33.2 Å². The Morgan fingerprint density at radius 3 is 2.29 bits per heavy atom. The number of nitrogens with one attached hydrogen (secondary N) is 2. The van der Waals surface area contributed by atoms with E-state index < -0.39 is 17.6 Å². The zero-order valence-electron chi connectivity index (χ0n) is 23.7. The Hall–Kier alpha value is -4.99. The minimum absolute atomic E-state index is 0.135. The Bertz CT molecular complexity index is 1900. The third-order valence-electron chi connectivity index (χ3n) is 7.20. The molecule has 3 heterocycles. The van der Waals surface area contributed by atoms with E-state index in [0.717, 1.165) is 22.2 Å². The van der Waals surface area contributed by atoms with Crippen molar-refractivity contribution in [2.75, 3.05) is 12.4 Å². The first-order valence-corrected chi connectivity index (χ1v) is 13.2. The molecule has 0 aliphatic carbocycles. The maximum atomic E-state index is 14.6. The summed E-state index contributed by atoms with van der Waals surface area (Å²) in [5, 5.41) is 6.04. The molecule has 0 atom stereocenters. The van der Waals surface area contributed by atoms with Crippen LogP contribution in [0.25, 0.3) is 33.3 Å². The molecular formula is C31H30FN5O4. The van der Waals surface area contributed by atoms with Crippen molar-refractivity contribution in [3.8, 4) is 22.4 Å². The van der Waals surface area contributed by atoms with Crippen LogP contribution < -0.4 is 16.2 Å². The summed E-state index contributed by atoms with van der Waals surface area (Å²) in [7, 11) is 3.04. The van der Waals surface area contributed by atoms with E-state index in [4.69, 9.17) is 4.52 Å². The average Bonchev–Trinajstić information content (AvgIpc) is 3.44. The number of nitrogens with zero attached hydrogens (tertiary/aromatic N) is 3. The molecule has 3 aromatic heterocycles. The van der Waals surface area contributed by atoms with Gasteiger partial charge in [-0.3, -0.25) is 14.4 Å². The number of rotatable bonds is 6. The molecule has 2 N–H and O–H groups in total. The molecule has 0 fully saturated rings. The van der Waals surface area contributed by atoms with Gasteiger partial charge in [0.25, 0.3) is 17.4 Å². The van der Waals surface area contributed by atoms with Gasteiger partial charge in [-0.25, -0.2) is 9.37 Å². The molecule has 41 heavy (non-hydrogen) atoms. The number of amides is 2. The Balaban J connectivity index is 1.57. The zero-order chi connectivity index (χ0) is 29.6. The second-order valence-electron chi connectivity index (χ2n) is 9.89. The van der Waals surface area contributed by atoms with Crippen molar-refractivity contribution >= 4 is 28.4 Å². The monoisotopic (exact) mass is 555 g/mol. The summed E-state index contributed by atoms with van der Waals surface area (Å²) in [6.07, 6.45) is 0. The highest BCUT2D eigenvalue weighted by Gasteiger charge is 2.22. The average molecular weight is 556 g/mol. The molecule has 0 unspecified atom stereocenters. The number of aromatic nitrogens is 3. The summed E-state index contributed by atoms with van der Waals surface area (Å²) in [5.41, 5.74) is 4.77. The fourth-order valence-corrected chi connectivity index (χ4v) is 5.20. The van der Waals surface area contributed by atoms with Gasteiger partial charge >= 0.3 is 0 Å². The highest BCUT2D eigenvalue weighted by molar-refractivity contribution is 6.12. The molecule has 0 aliphatic heterocycles. The third kappa shape index (κ3) is 4.82. The minimum Gasteiger partial charge on any atom is -0.381 e. The summed E-state index contributed by atoms with van der Waals surface area (Å²) in [4.78, 5) is 42.9. The third-order valence-corrected chi connectivity index (χ3v) is 7.20. The Morgan fingerprint density at radius 2 is 1.68 bits per heavy atom. The van der Waals surface area contributed by atoms with Crippen molar-refractivity contribution in [2.24, 2.45) is 7.05 Å². The molecule has 10 heteroatoms. The fraction of sp³-hybridized carbons (Fsp3) is 0.226. The van der Waals surface area contributed by atoms with Crippen LogP contribution in [0, 0.1) is 26.6 Å². The lowest BCUT2D eigenvalue weighted by molar-refractivity contribution is 0.0960. The highest BCUT2D eigenvalue weighted by atomic mass is 19.1. The number of halogens is 1. The summed E-state index contributed by atoms with van der Waals surface area (Å²) in [6.45, 7) is 7.59. The van der Waals surface area contributed by atoms with Crippen LogP contribution in [0.4, 0.5) is 10.1 Å². The number of fused-ring (bicyclic) bond motifs is 1. The van der Waals surface area contributed by atoms with Crippen molar-refractivity contribution in [3.63, 3.8) is 0 Å². The van der Waals surface area contributed by atoms with E-state index in [0.29, 0.717) is 29.1 Å². The molecule has 0 radical (unpaired) electrons. The Morgan fingerprint density at radius 1 is 1.00 bits per heavy atom. The SMILES string of the molecule is CCn1c(-c2ccc(-c3c(C)on(C)c3=O)cc2)cc2cc(C)nc(C(=O)Nc3cc(F)c(C)c(C(=O)NC)c3)c21. The molecule has 9 nitrogen and oxygen atoms in total. The Kier molecular flexibility index (Phi) is 7.08. The topological polar surface area (TPSA) is 111 Å². The van der Waals surface area contributed by atoms with E-state index in [1.165, 1.54) is 30.8 Å². The van der Waals surface area contributed by atoms with E-state index in [1.54, 1.807) is 20.9 Å². The molecule has 210 valence electrons. The predicted octanol–water partition coefficient (Wildman–Crippen LogP) is 5.36. The second kappa shape index (κ2) is 10.5. The van der Waals surface area contributed by atoms with E-state index >= 15 is 0 Å². The molecule has 2 amide bonds. The number of aryl methyl sites for hydroxylation is 4. The van der Waals surface area contributed by atoms with Crippen molar-refractivity contribution in [1.29, 1.82) is 0 Å². The lowest BCUT2D eigenvalue weighted by atomic mass is 10.0. The first-order valence-electron chi connectivity index (χ1n) is 13.2. The number of carbonyl (C=O) groups excluding carboxylic acids is 2. The van der Waals surface area contributed by atoms with Gasteiger partial charge < -0.3 is 19.7 Å². The standard InChI is InChI=1S/C31H30FN5O4/c1-7-37-25(19-8-10-20(11-9-19)26-18(4)41-36(6)31(26)40)13-21-12-16(2)34-27(28(21)37)30(39)35-22-14-23(29(38)33-5)17(3)24(32)15-22/h8-15H,7H2,1-6H3,(H,33,38)(H,35,39). The van der Waals surface area contributed by atoms with Gasteiger partial charge in [0.15, 0.2) is 5.69 Å². The highest BCUT2D eigenvalue weighted by Crippen LogP contribution is 2.32. The molecule has 0 aliphatic rings. The van der Waals surface area contributed by atoms with E-state index in [-0.39, 0.29) is 28.1 Å². The summed E-state index contributed by atoms with van der Waals surface area (Å²) < 4.78 is 23.3. The van der Waals surface area contributed by atoms with E-state index in [2.05, 4.69) is 15.6 Å². The fourth-order valence-electron chi connectivity index (χ4n) is 5.20.